The van der Waals surface area contributed by atoms with Gasteiger partial charge in [-0.05, 0) is 25.5 Å². The largest absolute Gasteiger partial charge is 0.356 e. The minimum atomic E-state index is 0.120. The van der Waals surface area contributed by atoms with Crippen molar-refractivity contribution in [2.24, 2.45) is 0 Å². The van der Waals surface area contributed by atoms with Crippen LogP contribution in [0.25, 0.3) is 0 Å². The quantitative estimate of drug-likeness (QED) is 0.681. The standard InChI is InChI=1S/C13H20N2O/c1-2-15-13(16)9-11-14-10-8-12-6-4-3-5-7-12/h3-7,14H,2,8-11H2,1H3,(H,15,16). The fourth-order valence-electron chi connectivity index (χ4n) is 1.49. The van der Waals surface area contributed by atoms with Crippen LogP contribution in [0.2, 0.25) is 0 Å². The Balaban J connectivity index is 2.02. The van der Waals surface area contributed by atoms with Gasteiger partial charge in [-0.25, -0.2) is 0 Å². The van der Waals surface area contributed by atoms with Crippen molar-refractivity contribution in [3.05, 3.63) is 35.9 Å². The highest BCUT2D eigenvalue weighted by Crippen LogP contribution is 1.97. The molecule has 0 aliphatic carbocycles. The zero-order valence-corrected chi connectivity index (χ0v) is 9.83. The summed E-state index contributed by atoms with van der Waals surface area (Å²) in [6, 6.07) is 10.3. The van der Waals surface area contributed by atoms with Crippen LogP contribution in [0.4, 0.5) is 0 Å². The summed E-state index contributed by atoms with van der Waals surface area (Å²) in [5.74, 6) is 0.120. The van der Waals surface area contributed by atoms with E-state index in [0.717, 1.165) is 19.5 Å². The maximum Gasteiger partial charge on any atom is 0.221 e. The van der Waals surface area contributed by atoms with Gasteiger partial charge in [-0.2, -0.15) is 0 Å². The van der Waals surface area contributed by atoms with Gasteiger partial charge in [0.2, 0.25) is 5.91 Å². The van der Waals surface area contributed by atoms with Crippen molar-refractivity contribution in [3.63, 3.8) is 0 Å². The van der Waals surface area contributed by atoms with Gasteiger partial charge >= 0.3 is 0 Å². The number of nitrogens with one attached hydrogen (secondary N) is 2. The molecule has 0 unspecified atom stereocenters. The molecule has 0 saturated carbocycles. The number of rotatable bonds is 7. The number of carbonyl (C=O) groups is 1. The predicted molar refractivity (Wildman–Crippen MR) is 66.3 cm³/mol. The molecule has 1 amide bonds. The van der Waals surface area contributed by atoms with E-state index < -0.39 is 0 Å². The van der Waals surface area contributed by atoms with E-state index in [2.05, 4.69) is 22.8 Å². The Bertz CT molecular complexity index is 298. The lowest BCUT2D eigenvalue weighted by Gasteiger charge is -2.05. The summed E-state index contributed by atoms with van der Waals surface area (Å²) in [6.07, 6.45) is 1.57. The van der Waals surface area contributed by atoms with Crippen LogP contribution in [0.1, 0.15) is 18.9 Å². The van der Waals surface area contributed by atoms with Crippen LogP contribution in [-0.4, -0.2) is 25.5 Å². The molecule has 0 fully saturated rings. The Morgan fingerprint density at radius 2 is 1.94 bits per heavy atom. The molecule has 0 aliphatic rings. The first kappa shape index (κ1) is 12.7. The average Bonchev–Trinajstić information content (AvgIpc) is 2.30. The van der Waals surface area contributed by atoms with Gasteiger partial charge in [-0.15, -0.1) is 0 Å². The average molecular weight is 220 g/mol. The molecule has 16 heavy (non-hydrogen) atoms. The first-order valence-corrected chi connectivity index (χ1v) is 5.84. The summed E-state index contributed by atoms with van der Waals surface area (Å²) in [5, 5.41) is 6.04. The first-order valence-electron chi connectivity index (χ1n) is 5.84. The Morgan fingerprint density at radius 1 is 1.19 bits per heavy atom. The fraction of sp³-hybridized carbons (Fsp3) is 0.462. The summed E-state index contributed by atoms with van der Waals surface area (Å²) in [5.41, 5.74) is 1.33. The maximum absolute atomic E-state index is 11.1. The van der Waals surface area contributed by atoms with Crippen LogP contribution >= 0.6 is 0 Å². The molecular formula is C13H20N2O. The van der Waals surface area contributed by atoms with Crippen LogP contribution < -0.4 is 10.6 Å². The molecule has 0 radical (unpaired) electrons. The second kappa shape index (κ2) is 7.88. The Hall–Kier alpha value is -1.35. The van der Waals surface area contributed by atoms with Crippen LogP contribution in [0.3, 0.4) is 0 Å². The molecule has 0 atom stereocenters. The lowest BCUT2D eigenvalue weighted by molar-refractivity contribution is -0.120. The van der Waals surface area contributed by atoms with Gasteiger partial charge in [0.25, 0.3) is 0 Å². The monoisotopic (exact) mass is 220 g/mol. The number of amides is 1. The first-order chi connectivity index (χ1) is 7.83. The molecular weight excluding hydrogens is 200 g/mol. The molecule has 0 bridgehead atoms. The third kappa shape index (κ3) is 5.51. The summed E-state index contributed by atoms with van der Waals surface area (Å²) in [7, 11) is 0. The molecule has 0 saturated heterocycles. The molecule has 1 rings (SSSR count). The molecule has 0 aromatic heterocycles. The fourth-order valence-corrected chi connectivity index (χ4v) is 1.49. The van der Waals surface area contributed by atoms with E-state index in [1.54, 1.807) is 0 Å². The molecule has 0 heterocycles. The summed E-state index contributed by atoms with van der Waals surface area (Å²) in [4.78, 5) is 11.1. The smallest absolute Gasteiger partial charge is 0.221 e. The van der Waals surface area contributed by atoms with Crippen molar-refractivity contribution < 1.29 is 4.79 Å². The van der Waals surface area contributed by atoms with E-state index in [1.165, 1.54) is 5.56 Å². The zero-order chi connectivity index (χ0) is 11.6. The summed E-state index contributed by atoms with van der Waals surface area (Å²) < 4.78 is 0. The van der Waals surface area contributed by atoms with Gasteiger partial charge in [0.1, 0.15) is 0 Å². The highest BCUT2D eigenvalue weighted by atomic mass is 16.1. The van der Waals surface area contributed by atoms with E-state index in [-0.39, 0.29) is 5.91 Å². The highest BCUT2D eigenvalue weighted by molar-refractivity contribution is 5.75. The number of hydrogen-bond acceptors (Lipinski definition) is 2. The van der Waals surface area contributed by atoms with E-state index in [1.807, 2.05) is 25.1 Å². The summed E-state index contributed by atoms with van der Waals surface area (Å²) >= 11 is 0. The van der Waals surface area contributed by atoms with Gasteiger partial charge < -0.3 is 10.6 Å². The minimum Gasteiger partial charge on any atom is -0.356 e. The Kier molecular flexibility index (Phi) is 6.26. The molecule has 0 spiro atoms. The van der Waals surface area contributed by atoms with Crippen molar-refractivity contribution in [3.8, 4) is 0 Å². The van der Waals surface area contributed by atoms with Crippen LogP contribution in [0.5, 0.6) is 0 Å². The predicted octanol–water partition coefficient (Wildman–Crippen LogP) is 1.34. The SMILES string of the molecule is CCNC(=O)CCNCCc1ccccc1. The van der Waals surface area contributed by atoms with E-state index >= 15 is 0 Å². The third-order valence-corrected chi connectivity index (χ3v) is 2.34. The van der Waals surface area contributed by atoms with Gasteiger partial charge in [0.15, 0.2) is 0 Å². The maximum atomic E-state index is 11.1. The molecule has 3 nitrogen and oxygen atoms in total. The van der Waals surface area contributed by atoms with Gasteiger partial charge in [0.05, 0.1) is 0 Å². The second-order valence-electron chi connectivity index (χ2n) is 3.69. The Labute approximate surface area is 97.2 Å². The molecule has 0 aliphatic heterocycles. The summed E-state index contributed by atoms with van der Waals surface area (Å²) in [6.45, 7) is 4.31. The normalized spacial score (nSPS) is 10.1. The van der Waals surface area contributed by atoms with Crippen molar-refractivity contribution in [1.82, 2.24) is 10.6 Å². The van der Waals surface area contributed by atoms with Crippen LogP contribution in [0, 0.1) is 0 Å². The van der Waals surface area contributed by atoms with Crippen molar-refractivity contribution in [2.75, 3.05) is 19.6 Å². The topological polar surface area (TPSA) is 41.1 Å². The van der Waals surface area contributed by atoms with Crippen LogP contribution in [-0.2, 0) is 11.2 Å². The van der Waals surface area contributed by atoms with E-state index in [9.17, 15) is 4.79 Å². The number of hydrogen-bond donors (Lipinski definition) is 2. The highest BCUT2D eigenvalue weighted by Gasteiger charge is 1.97. The van der Waals surface area contributed by atoms with Crippen molar-refractivity contribution >= 4 is 5.91 Å². The van der Waals surface area contributed by atoms with Crippen molar-refractivity contribution in [1.29, 1.82) is 0 Å². The molecule has 1 aromatic rings. The second-order valence-corrected chi connectivity index (χ2v) is 3.69. The molecule has 3 heteroatoms. The Morgan fingerprint density at radius 3 is 2.62 bits per heavy atom. The minimum absolute atomic E-state index is 0.120. The molecule has 2 N–H and O–H groups in total. The molecule has 88 valence electrons. The zero-order valence-electron chi connectivity index (χ0n) is 9.83. The lowest BCUT2D eigenvalue weighted by Crippen LogP contribution is -2.28. The van der Waals surface area contributed by atoms with E-state index in [4.69, 9.17) is 0 Å². The van der Waals surface area contributed by atoms with E-state index in [0.29, 0.717) is 13.0 Å². The van der Waals surface area contributed by atoms with Gasteiger partial charge in [0, 0.05) is 19.5 Å². The lowest BCUT2D eigenvalue weighted by atomic mass is 10.1. The number of benzene rings is 1. The van der Waals surface area contributed by atoms with Gasteiger partial charge in [-0.3, -0.25) is 4.79 Å². The van der Waals surface area contributed by atoms with Crippen LogP contribution in [0.15, 0.2) is 30.3 Å². The third-order valence-electron chi connectivity index (χ3n) is 2.34. The van der Waals surface area contributed by atoms with Crippen molar-refractivity contribution in [2.45, 2.75) is 19.8 Å². The van der Waals surface area contributed by atoms with Gasteiger partial charge in [-0.1, -0.05) is 30.3 Å². The number of carbonyl (C=O) groups excluding carboxylic acids is 1. The molecule has 1 aromatic carbocycles.